The maximum absolute atomic E-state index is 12.0. The van der Waals surface area contributed by atoms with E-state index < -0.39 is 11.9 Å². The Labute approximate surface area is 138 Å². The second-order valence-corrected chi connectivity index (χ2v) is 5.37. The third-order valence-corrected chi connectivity index (χ3v) is 3.47. The van der Waals surface area contributed by atoms with Gasteiger partial charge in [0.1, 0.15) is 5.75 Å². The van der Waals surface area contributed by atoms with Crippen LogP contribution in [-0.4, -0.2) is 27.9 Å². The standard InChI is InChI=1S/C18H17NO5/c1-11-2-4-12(5-3-11)15(20)8-9-17(22)19-14-7-6-13(18(23)24)10-16(14)21/h2-7,10,21H,8-9H2,1H3,(H,19,22)(H,23,24). The molecule has 0 radical (unpaired) electrons. The second kappa shape index (κ2) is 7.41. The highest BCUT2D eigenvalue weighted by Gasteiger charge is 2.12. The first-order valence-corrected chi connectivity index (χ1v) is 7.33. The van der Waals surface area contributed by atoms with Crippen LogP contribution in [0.25, 0.3) is 0 Å². The molecule has 124 valence electrons. The predicted octanol–water partition coefficient (Wildman–Crippen LogP) is 3.00. The highest BCUT2D eigenvalue weighted by Crippen LogP contribution is 2.24. The number of aromatic hydroxyl groups is 1. The lowest BCUT2D eigenvalue weighted by Crippen LogP contribution is -2.14. The van der Waals surface area contributed by atoms with Crippen LogP contribution in [0, 0.1) is 6.92 Å². The fourth-order valence-corrected chi connectivity index (χ4v) is 2.09. The maximum Gasteiger partial charge on any atom is 0.335 e. The van der Waals surface area contributed by atoms with Crippen molar-refractivity contribution >= 4 is 23.3 Å². The van der Waals surface area contributed by atoms with Gasteiger partial charge in [-0.3, -0.25) is 9.59 Å². The number of Topliss-reactive ketones (excluding diaryl/α,β-unsaturated/α-hetero) is 1. The van der Waals surface area contributed by atoms with E-state index >= 15 is 0 Å². The molecule has 0 saturated carbocycles. The average molecular weight is 327 g/mol. The molecule has 1 amide bonds. The molecule has 2 rings (SSSR count). The van der Waals surface area contributed by atoms with Gasteiger partial charge in [0.05, 0.1) is 11.3 Å². The maximum atomic E-state index is 12.0. The largest absolute Gasteiger partial charge is 0.506 e. The van der Waals surface area contributed by atoms with Crippen LogP contribution in [0.5, 0.6) is 5.75 Å². The fraction of sp³-hybridized carbons (Fsp3) is 0.167. The molecule has 0 aliphatic carbocycles. The molecule has 0 saturated heterocycles. The van der Waals surface area contributed by atoms with Gasteiger partial charge in [-0.1, -0.05) is 29.8 Å². The van der Waals surface area contributed by atoms with Gasteiger partial charge >= 0.3 is 5.97 Å². The molecule has 0 aliphatic rings. The summed E-state index contributed by atoms with van der Waals surface area (Å²) >= 11 is 0. The van der Waals surface area contributed by atoms with Crippen molar-refractivity contribution in [2.75, 3.05) is 5.32 Å². The van der Waals surface area contributed by atoms with E-state index in [4.69, 9.17) is 5.11 Å². The summed E-state index contributed by atoms with van der Waals surface area (Å²) in [6.45, 7) is 1.92. The van der Waals surface area contributed by atoms with Crippen LogP contribution in [0.4, 0.5) is 5.69 Å². The van der Waals surface area contributed by atoms with Crippen LogP contribution >= 0.6 is 0 Å². The number of hydrogen-bond donors (Lipinski definition) is 3. The van der Waals surface area contributed by atoms with E-state index in [0.29, 0.717) is 5.56 Å². The van der Waals surface area contributed by atoms with E-state index in [1.807, 2.05) is 19.1 Å². The molecular formula is C18H17NO5. The number of carbonyl (C=O) groups excluding carboxylic acids is 2. The first kappa shape index (κ1) is 17.2. The van der Waals surface area contributed by atoms with Crippen LogP contribution in [0.1, 0.15) is 39.1 Å². The molecule has 2 aromatic rings. The summed E-state index contributed by atoms with van der Waals surface area (Å²) in [5.74, 6) is -2.09. The molecule has 24 heavy (non-hydrogen) atoms. The minimum atomic E-state index is -1.17. The monoisotopic (exact) mass is 327 g/mol. The Kier molecular flexibility index (Phi) is 5.31. The molecule has 0 bridgehead atoms. The fourth-order valence-electron chi connectivity index (χ4n) is 2.09. The summed E-state index contributed by atoms with van der Waals surface area (Å²) in [6.07, 6.45) is 0.00962. The normalized spacial score (nSPS) is 10.2. The van der Waals surface area contributed by atoms with E-state index in [1.165, 1.54) is 12.1 Å². The number of carbonyl (C=O) groups is 3. The van der Waals surface area contributed by atoms with Crippen LogP contribution in [0.2, 0.25) is 0 Å². The van der Waals surface area contributed by atoms with Crippen LogP contribution in [0.15, 0.2) is 42.5 Å². The molecular weight excluding hydrogens is 310 g/mol. The molecule has 0 atom stereocenters. The van der Waals surface area contributed by atoms with Gasteiger partial charge in [-0.15, -0.1) is 0 Å². The van der Waals surface area contributed by atoms with Crippen molar-refractivity contribution in [2.45, 2.75) is 19.8 Å². The molecule has 6 heteroatoms. The zero-order valence-electron chi connectivity index (χ0n) is 13.1. The third kappa shape index (κ3) is 4.42. The second-order valence-electron chi connectivity index (χ2n) is 5.37. The summed E-state index contributed by atoms with van der Waals surface area (Å²) in [6, 6.07) is 10.7. The van der Waals surface area contributed by atoms with Gasteiger partial charge in [0, 0.05) is 18.4 Å². The van der Waals surface area contributed by atoms with Gasteiger partial charge in [-0.05, 0) is 25.1 Å². The number of ketones is 1. The molecule has 0 aliphatic heterocycles. The zero-order chi connectivity index (χ0) is 17.7. The lowest BCUT2D eigenvalue weighted by molar-refractivity contribution is -0.116. The third-order valence-electron chi connectivity index (χ3n) is 3.47. The minimum Gasteiger partial charge on any atom is -0.506 e. The molecule has 0 aromatic heterocycles. The van der Waals surface area contributed by atoms with Crippen molar-refractivity contribution in [2.24, 2.45) is 0 Å². The Bertz CT molecular complexity index is 780. The number of aryl methyl sites for hydroxylation is 1. The average Bonchev–Trinajstić information content (AvgIpc) is 2.55. The van der Waals surface area contributed by atoms with Gasteiger partial charge < -0.3 is 15.5 Å². The number of phenolic OH excluding ortho intramolecular Hbond substituents is 1. The number of carboxylic acid groups (broad SMARTS) is 1. The Morgan fingerprint density at radius 2 is 1.58 bits per heavy atom. The van der Waals surface area contributed by atoms with Gasteiger partial charge in [0.25, 0.3) is 0 Å². The number of aromatic carboxylic acids is 1. The highest BCUT2D eigenvalue weighted by atomic mass is 16.4. The first-order valence-electron chi connectivity index (χ1n) is 7.33. The number of hydrogen-bond acceptors (Lipinski definition) is 4. The number of carboxylic acids is 1. The predicted molar refractivity (Wildman–Crippen MR) is 88.4 cm³/mol. The zero-order valence-corrected chi connectivity index (χ0v) is 13.1. The lowest BCUT2D eigenvalue weighted by atomic mass is 10.0. The number of phenols is 1. The Morgan fingerprint density at radius 3 is 2.17 bits per heavy atom. The molecule has 0 unspecified atom stereocenters. The summed E-state index contributed by atoms with van der Waals surface area (Å²) in [5.41, 5.74) is 1.61. The van der Waals surface area contributed by atoms with E-state index in [2.05, 4.69) is 5.32 Å². The Hall–Kier alpha value is -3.15. The highest BCUT2D eigenvalue weighted by molar-refractivity contribution is 6.00. The molecule has 0 fully saturated rings. The van der Waals surface area contributed by atoms with Gasteiger partial charge in [-0.25, -0.2) is 4.79 Å². The van der Waals surface area contributed by atoms with E-state index in [-0.39, 0.29) is 35.6 Å². The topological polar surface area (TPSA) is 104 Å². The number of nitrogens with one attached hydrogen (secondary N) is 1. The van der Waals surface area contributed by atoms with E-state index in [0.717, 1.165) is 11.6 Å². The van der Waals surface area contributed by atoms with Gasteiger partial charge in [0.2, 0.25) is 5.91 Å². The Balaban J connectivity index is 1.92. The van der Waals surface area contributed by atoms with Crippen molar-refractivity contribution in [1.82, 2.24) is 0 Å². The molecule has 2 aromatic carbocycles. The first-order chi connectivity index (χ1) is 11.4. The number of rotatable bonds is 6. The minimum absolute atomic E-state index is 0.0349. The molecule has 0 spiro atoms. The molecule has 0 heterocycles. The van der Waals surface area contributed by atoms with Crippen molar-refractivity contribution < 1.29 is 24.6 Å². The summed E-state index contributed by atoms with van der Waals surface area (Å²) in [7, 11) is 0. The van der Waals surface area contributed by atoms with Gasteiger partial charge in [-0.2, -0.15) is 0 Å². The SMILES string of the molecule is Cc1ccc(C(=O)CCC(=O)Nc2ccc(C(=O)O)cc2O)cc1. The van der Waals surface area contributed by atoms with Crippen molar-refractivity contribution in [3.05, 3.63) is 59.2 Å². The van der Waals surface area contributed by atoms with E-state index in [9.17, 15) is 19.5 Å². The number of benzene rings is 2. The Morgan fingerprint density at radius 1 is 0.958 bits per heavy atom. The van der Waals surface area contributed by atoms with Gasteiger partial charge in [0.15, 0.2) is 5.78 Å². The quantitative estimate of drug-likeness (QED) is 0.559. The summed E-state index contributed by atoms with van der Waals surface area (Å²) in [5, 5.41) is 21.0. The van der Waals surface area contributed by atoms with Crippen LogP contribution in [-0.2, 0) is 4.79 Å². The van der Waals surface area contributed by atoms with E-state index in [1.54, 1.807) is 12.1 Å². The summed E-state index contributed by atoms with van der Waals surface area (Å²) < 4.78 is 0. The van der Waals surface area contributed by atoms with Crippen molar-refractivity contribution in [3.63, 3.8) is 0 Å². The lowest BCUT2D eigenvalue weighted by Gasteiger charge is -2.08. The van der Waals surface area contributed by atoms with Crippen molar-refractivity contribution in [1.29, 1.82) is 0 Å². The van der Waals surface area contributed by atoms with Crippen LogP contribution in [0.3, 0.4) is 0 Å². The molecule has 3 N–H and O–H groups in total. The molecule has 6 nitrogen and oxygen atoms in total. The number of amides is 1. The smallest absolute Gasteiger partial charge is 0.335 e. The van der Waals surface area contributed by atoms with Crippen LogP contribution < -0.4 is 5.32 Å². The van der Waals surface area contributed by atoms with Crippen molar-refractivity contribution in [3.8, 4) is 5.75 Å². The number of anilines is 1. The summed E-state index contributed by atoms with van der Waals surface area (Å²) in [4.78, 5) is 34.7.